The summed E-state index contributed by atoms with van der Waals surface area (Å²) in [5, 5.41) is 8.78. The minimum atomic E-state index is -3.88. The van der Waals surface area contributed by atoms with Crippen molar-refractivity contribution in [2.75, 3.05) is 0 Å². The number of hydrogen-bond donors (Lipinski definition) is 2. The number of hydrogen-bond acceptors (Lipinski definition) is 5. The third kappa shape index (κ3) is 4.68. The van der Waals surface area contributed by atoms with Crippen molar-refractivity contribution in [1.82, 2.24) is 10.3 Å². The van der Waals surface area contributed by atoms with Crippen LogP contribution >= 0.6 is 0 Å². The molecule has 3 rings (SSSR count). The van der Waals surface area contributed by atoms with Gasteiger partial charge >= 0.3 is 0 Å². The largest absolute Gasteiger partial charge is 0.481 e. The van der Waals surface area contributed by atoms with Crippen molar-refractivity contribution in [3.63, 3.8) is 0 Å². The van der Waals surface area contributed by atoms with E-state index in [1.54, 1.807) is 36.4 Å². The minimum Gasteiger partial charge on any atom is -0.481 e. The van der Waals surface area contributed by atoms with Gasteiger partial charge in [0.15, 0.2) is 6.10 Å². The first-order valence-corrected chi connectivity index (χ1v) is 10.5. The fourth-order valence-electron chi connectivity index (χ4n) is 3.02. The molecule has 1 atom stereocenters. The van der Waals surface area contributed by atoms with Crippen molar-refractivity contribution >= 4 is 15.9 Å². The van der Waals surface area contributed by atoms with E-state index in [4.69, 9.17) is 10.00 Å². The zero-order valence-electron chi connectivity index (χ0n) is 15.4. The standard InChI is InChI=1S/C20H21N3O4S/c1-14(27-18-9-6-15(13-21)7-10-18)20(24)22-23-28(25,26)19-11-8-16-4-2-3-5-17(16)12-19/h6-12,14,23H,2-5H2,1H3,(H,22,24)/t14-/m1/s1. The lowest BCUT2D eigenvalue weighted by atomic mass is 9.92. The minimum absolute atomic E-state index is 0.120. The number of carbonyl (C=O) groups excluding carboxylic acids is 1. The number of hydrazine groups is 1. The molecule has 1 aliphatic carbocycles. The van der Waals surface area contributed by atoms with Crippen LogP contribution in [0.3, 0.4) is 0 Å². The van der Waals surface area contributed by atoms with Crippen molar-refractivity contribution in [2.45, 2.75) is 43.6 Å². The summed E-state index contributed by atoms with van der Waals surface area (Å²) in [6.07, 6.45) is 3.05. The van der Waals surface area contributed by atoms with Gasteiger partial charge < -0.3 is 4.74 Å². The SMILES string of the molecule is C[C@@H](Oc1ccc(C#N)cc1)C(=O)NNS(=O)(=O)c1ccc2c(c1)CCCC2. The first kappa shape index (κ1) is 19.9. The summed E-state index contributed by atoms with van der Waals surface area (Å²) in [6.45, 7) is 1.50. The van der Waals surface area contributed by atoms with Crippen LogP contribution < -0.4 is 15.0 Å². The number of amides is 1. The van der Waals surface area contributed by atoms with Crippen molar-refractivity contribution in [3.8, 4) is 11.8 Å². The molecule has 2 aromatic carbocycles. The molecule has 0 aromatic heterocycles. The van der Waals surface area contributed by atoms with Crippen LogP contribution in [0.1, 0.15) is 36.5 Å². The first-order valence-electron chi connectivity index (χ1n) is 8.99. The van der Waals surface area contributed by atoms with Gasteiger partial charge in [-0.15, -0.1) is 4.83 Å². The molecule has 0 radical (unpaired) electrons. The summed E-state index contributed by atoms with van der Waals surface area (Å²) < 4.78 is 30.4. The van der Waals surface area contributed by atoms with E-state index < -0.39 is 22.0 Å². The van der Waals surface area contributed by atoms with E-state index in [1.165, 1.54) is 12.5 Å². The highest BCUT2D eigenvalue weighted by Crippen LogP contribution is 2.23. The maximum absolute atomic E-state index is 12.5. The third-order valence-corrected chi connectivity index (χ3v) is 5.85. The number of carbonyl (C=O) groups is 1. The van der Waals surface area contributed by atoms with Gasteiger partial charge in [0.1, 0.15) is 5.75 Å². The van der Waals surface area contributed by atoms with Crippen LogP contribution in [0.4, 0.5) is 0 Å². The number of nitriles is 1. The molecule has 0 bridgehead atoms. The molecule has 0 fully saturated rings. The molecule has 146 valence electrons. The highest BCUT2D eigenvalue weighted by molar-refractivity contribution is 7.89. The molecule has 2 aromatic rings. The van der Waals surface area contributed by atoms with Crippen molar-refractivity contribution < 1.29 is 17.9 Å². The molecule has 7 nitrogen and oxygen atoms in total. The highest BCUT2D eigenvalue weighted by Gasteiger charge is 2.21. The van der Waals surface area contributed by atoms with E-state index in [0.29, 0.717) is 11.3 Å². The smallest absolute Gasteiger partial charge is 0.275 e. The molecule has 0 saturated heterocycles. The molecule has 1 aliphatic rings. The van der Waals surface area contributed by atoms with Crippen LogP contribution in [0.2, 0.25) is 0 Å². The van der Waals surface area contributed by atoms with Crippen molar-refractivity contribution in [1.29, 1.82) is 5.26 Å². The molecule has 0 heterocycles. The Labute approximate surface area is 164 Å². The Morgan fingerprint density at radius 3 is 2.46 bits per heavy atom. The maximum Gasteiger partial charge on any atom is 0.275 e. The van der Waals surface area contributed by atoms with E-state index in [0.717, 1.165) is 31.2 Å². The van der Waals surface area contributed by atoms with Crippen LogP contribution in [0, 0.1) is 11.3 Å². The van der Waals surface area contributed by atoms with Gasteiger partial charge in [-0.05, 0) is 80.1 Å². The lowest BCUT2D eigenvalue weighted by Gasteiger charge is -2.18. The van der Waals surface area contributed by atoms with E-state index in [2.05, 4.69) is 10.3 Å². The molecule has 2 N–H and O–H groups in total. The Morgan fingerprint density at radius 1 is 1.11 bits per heavy atom. The van der Waals surface area contributed by atoms with Gasteiger partial charge in [0, 0.05) is 0 Å². The van der Waals surface area contributed by atoms with Crippen molar-refractivity contribution in [3.05, 3.63) is 59.2 Å². The molecular formula is C20H21N3O4S. The Balaban J connectivity index is 1.60. The number of rotatable bonds is 6. The molecule has 8 heteroatoms. The van der Waals surface area contributed by atoms with Gasteiger partial charge in [-0.25, -0.2) is 8.42 Å². The molecular weight excluding hydrogens is 378 g/mol. The second-order valence-corrected chi connectivity index (χ2v) is 8.31. The quantitative estimate of drug-likeness (QED) is 0.724. The summed E-state index contributed by atoms with van der Waals surface area (Å²) in [5.74, 6) is -0.231. The number of ether oxygens (including phenoxy) is 1. The van der Waals surface area contributed by atoms with Crippen molar-refractivity contribution in [2.24, 2.45) is 0 Å². The maximum atomic E-state index is 12.5. The normalized spacial score (nSPS) is 14.4. The van der Waals surface area contributed by atoms with Crippen LogP contribution in [-0.4, -0.2) is 20.4 Å². The molecule has 1 amide bonds. The number of nitrogens with one attached hydrogen (secondary N) is 2. The Hall–Kier alpha value is -2.89. The van der Waals surface area contributed by atoms with E-state index in [1.807, 2.05) is 12.1 Å². The molecule has 0 spiro atoms. The van der Waals surface area contributed by atoms with Gasteiger partial charge in [-0.1, -0.05) is 6.07 Å². The Kier molecular flexibility index (Phi) is 5.97. The summed E-state index contributed by atoms with van der Waals surface area (Å²) >= 11 is 0. The van der Waals surface area contributed by atoms with Crippen LogP contribution in [0.25, 0.3) is 0 Å². The zero-order valence-corrected chi connectivity index (χ0v) is 16.3. The van der Waals surface area contributed by atoms with E-state index in [9.17, 15) is 13.2 Å². The average molecular weight is 399 g/mol. The van der Waals surface area contributed by atoms with E-state index in [-0.39, 0.29) is 4.90 Å². The summed E-state index contributed by atoms with van der Waals surface area (Å²) in [6, 6.07) is 13.3. The number of sulfonamides is 1. The summed E-state index contributed by atoms with van der Waals surface area (Å²) in [4.78, 5) is 14.4. The Morgan fingerprint density at radius 2 is 1.79 bits per heavy atom. The third-order valence-electron chi connectivity index (χ3n) is 4.60. The predicted octanol–water partition coefficient (Wildman–Crippen LogP) is 2.21. The second-order valence-electron chi connectivity index (χ2n) is 6.63. The van der Waals surface area contributed by atoms with Gasteiger partial charge in [0.2, 0.25) is 0 Å². The molecule has 0 aliphatic heterocycles. The summed E-state index contributed by atoms with van der Waals surface area (Å²) in [5.41, 5.74) is 4.88. The Bertz CT molecular complexity index is 1010. The molecule has 0 saturated carbocycles. The average Bonchev–Trinajstić information content (AvgIpc) is 2.72. The molecule has 0 unspecified atom stereocenters. The van der Waals surface area contributed by atoms with Crippen LogP contribution in [0.15, 0.2) is 47.4 Å². The van der Waals surface area contributed by atoms with Gasteiger partial charge in [-0.3, -0.25) is 10.2 Å². The topological polar surface area (TPSA) is 108 Å². The fraction of sp³-hybridized carbons (Fsp3) is 0.300. The fourth-order valence-corrected chi connectivity index (χ4v) is 3.92. The second kappa shape index (κ2) is 8.42. The van der Waals surface area contributed by atoms with Gasteiger partial charge in [0.05, 0.1) is 16.5 Å². The zero-order chi connectivity index (χ0) is 20.1. The molecule has 28 heavy (non-hydrogen) atoms. The number of nitrogens with zero attached hydrogens (tertiary/aromatic N) is 1. The predicted molar refractivity (Wildman–Crippen MR) is 103 cm³/mol. The van der Waals surface area contributed by atoms with Crippen LogP contribution in [-0.2, 0) is 27.7 Å². The van der Waals surface area contributed by atoms with Gasteiger partial charge in [-0.2, -0.15) is 5.26 Å². The lowest BCUT2D eigenvalue weighted by molar-refractivity contribution is -0.127. The highest BCUT2D eigenvalue weighted by atomic mass is 32.2. The number of aryl methyl sites for hydroxylation is 2. The van der Waals surface area contributed by atoms with Crippen LogP contribution in [0.5, 0.6) is 5.75 Å². The van der Waals surface area contributed by atoms with Gasteiger partial charge in [0.25, 0.3) is 15.9 Å². The number of fused-ring (bicyclic) bond motifs is 1. The number of benzene rings is 2. The summed E-state index contributed by atoms with van der Waals surface area (Å²) in [7, 11) is -3.88. The monoisotopic (exact) mass is 399 g/mol. The van der Waals surface area contributed by atoms with E-state index >= 15 is 0 Å². The lowest BCUT2D eigenvalue weighted by Crippen LogP contribution is -2.47. The first-order chi connectivity index (χ1) is 13.4.